The zero-order chi connectivity index (χ0) is 24.3. The van der Waals surface area contributed by atoms with Gasteiger partial charge in [-0.1, -0.05) is 67.5 Å². The van der Waals surface area contributed by atoms with Crippen LogP contribution in [0.2, 0.25) is 0 Å². The van der Waals surface area contributed by atoms with Crippen LogP contribution < -0.4 is 4.52 Å². The van der Waals surface area contributed by atoms with Gasteiger partial charge in [0.25, 0.3) is 0 Å². The van der Waals surface area contributed by atoms with Crippen molar-refractivity contribution < 1.29 is 12.9 Å². The van der Waals surface area contributed by atoms with Gasteiger partial charge in [-0.15, -0.1) is 0 Å². The predicted octanol–water partition coefficient (Wildman–Crippen LogP) is 9.14. The van der Waals surface area contributed by atoms with E-state index < -0.39 is 8.24 Å². The average Bonchev–Trinajstić information content (AvgIpc) is 2.84. The van der Waals surface area contributed by atoms with Crippen molar-refractivity contribution in [1.82, 2.24) is 0 Å². The van der Waals surface area contributed by atoms with E-state index in [-0.39, 0.29) is 0 Å². The lowest BCUT2D eigenvalue weighted by Gasteiger charge is -2.14. The average molecular weight is 471 g/mol. The number of hydrogen-bond acceptors (Lipinski definition) is 3. The Morgan fingerprint density at radius 2 is 0.970 bits per heavy atom. The molecule has 3 rings (SSSR count). The smallest absolute Gasteiger partial charge is 0.387 e. The van der Waals surface area contributed by atoms with E-state index in [4.69, 9.17) is 12.9 Å². The first-order valence-corrected chi connectivity index (χ1v) is 13.7. The van der Waals surface area contributed by atoms with Crippen LogP contribution in [0.5, 0.6) is 0 Å². The van der Waals surface area contributed by atoms with Crippen LogP contribution in [-0.4, -0.2) is 7.11 Å². The molecule has 1 heterocycles. The molecule has 182 valence electrons. The van der Waals surface area contributed by atoms with E-state index in [9.17, 15) is 0 Å². The number of hydrogen-bond donors (Lipinski definition) is 0. The first-order valence-electron chi connectivity index (χ1n) is 12.6. The summed E-state index contributed by atoms with van der Waals surface area (Å²) in [6.07, 6.45) is 4.05. The van der Waals surface area contributed by atoms with Gasteiger partial charge in [-0.3, -0.25) is 4.52 Å². The molecule has 0 unspecified atom stereocenters. The molecule has 0 N–H and O–H groups in total. The number of benzene rings is 2. The summed E-state index contributed by atoms with van der Waals surface area (Å²) in [7, 11) is 0.177. The molecule has 0 bridgehead atoms. The summed E-state index contributed by atoms with van der Waals surface area (Å²) in [5.74, 6) is 2.26. The maximum atomic E-state index is 6.48. The maximum absolute atomic E-state index is 6.48. The zero-order valence-corrected chi connectivity index (χ0v) is 23.0. The molecule has 0 amide bonds. The van der Waals surface area contributed by atoms with Crippen molar-refractivity contribution in [2.45, 2.75) is 81.1 Å². The minimum atomic E-state index is -1.50. The van der Waals surface area contributed by atoms with Crippen molar-refractivity contribution in [3.8, 4) is 0 Å². The molecular weight excluding hydrogens is 427 g/mol. The lowest BCUT2D eigenvalue weighted by Crippen LogP contribution is -2.01. The maximum Gasteiger partial charge on any atom is 0.387 e. The van der Waals surface area contributed by atoms with Gasteiger partial charge in [0.05, 0.1) is 7.11 Å². The third-order valence-corrected chi connectivity index (χ3v) is 6.73. The summed E-state index contributed by atoms with van der Waals surface area (Å²) in [6, 6.07) is 9.38. The molecule has 0 fully saturated rings. The first kappa shape index (κ1) is 25.9. The Morgan fingerprint density at radius 1 is 0.606 bits per heavy atom. The minimum Gasteiger partial charge on any atom is -0.399 e. The van der Waals surface area contributed by atoms with E-state index in [1.807, 2.05) is 0 Å². The third-order valence-electron chi connectivity index (χ3n) is 5.77. The standard InChI is InChI=1S/C29H43O3P/c1-18(2)10-22-14-24(12-20(5)6)28-26(16-22)27-17-23(11-19(3)4)15-25(13-21(7)8)29(27)32-33(30-9)31-28/h14-21H,10-13H2,1-9H3. The van der Waals surface area contributed by atoms with Crippen molar-refractivity contribution in [2.75, 3.05) is 7.11 Å². The molecular formula is C29H43O3P. The van der Waals surface area contributed by atoms with Crippen molar-refractivity contribution in [3.63, 3.8) is 0 Å². The van der Waals surface area contributed by atoms with Crippen molar-refractivity contribution >= 4 is 30.2 Å². The summed E-state index contributed by atoms with van der Waals surface area (Å²) in [4.78, 5) is 0. The summed E-state index contributed by atoms with van der Waals surface area (Å²) in [5, 5.41) is 2.33. The SMILES string of the molecule is COp1oc2c(CC(C)C)cc(CC(C)C)cc2c2cc(CC(C)C)cc(CC(C)C)c2o1. The molecule has 33 heavy (non-hydrogen) atoms. The Kier molecular flexibility index (Phi) is 8.76. The van der Waals surface area contributed by atoms with Crippen LogP contribution in [0.1, 0.15) is 77.6 Å². The summed E-state index contributed by atoms with van der Waals surface area (Å²) < 4.78 is 18.7. The molecule has 0 aliphatic heterocycles. The predicted molar refractivity (Wildman–Crippen MR) is 143 cm³/mol. The summed E-state index contributed by atoms with van der Waals surface area (Å²) in [5.41, 5.74) is 7.16. The van der Waals surface area contributed by atoms with Gasteiger partial charge in [0.2, 0.25) is 0 Å². The summed E-state index contributed by atoms with van der Waals surface area (Å²) >= 11 is 0. The fourth-order valence-electron chi connectivity index (χ4n) is 4.73. The lowest BCUT2D eigenvalue weighted by atomic mass is 9.91. The van der Waals surface area contributed by atoms with Crippen molar-refractivity contribution in [2.24, 2.45) is 23.7 Å². The van der Waals surface area contributed by atoms with Gasteiger partial charge in [-0.25, -0.2) is 0 Å². The highest BCUT2D eigenvalue weighted by Gasteiger charge is 2.17. The van der Waals surface area contributed by atoms with Crippen LogP contribution in [0.15, 0.2) is 32.7 Å². The molecule has 0 atom stereocenters. The van der Waals surface area contributed by atoms with E-state index in [0.717, 1.165) is 47.6 Å². The van der Waals surface area contributed by atoms with Gasteiger partial charge in [0, 0.05) is 10.8 Å². The molecule has 1 aromatic heterocycles. The van der Waals surface area contributed by atoms with Gasteiger partial charge in [0.1, 0.15) is 11.2 Å². The number of rotatable bonds is 9. The van der Waals surface area contributed by atoms with Crippen LogP contribution in [0, 0.1) is 23.7 Å². The molecule has 0 spiro atoms. The zero-order valence-electron chi connectivity index (χ0n) is 22.1. The molecule has 2 aromatic carbocycles. The van der Waals surface area contributed by atoms with Crippen LogP contribution in [0.25, 0.3) is 21.9 Å². The molecule has 3 nitrogen and oxygen atoms in total. The van der Waals surface area contributed by atoms with Gasteiger partial charge < -0.3 is 8.39 Å². The normalized spacial score (nSPS) is 12.3. The van der Waals surface area contributed by atoms with Gasteiger partial charge >= 0.3 is 8.24 Å². The van der Waals surface area contributed by atoms with E-state index in [1.165, 1.54) is 22.3 Å². The first-order chi connectivity index (χ1) is 15.6. The van der Waals surface area contributed by atoms with E-state index >= 15 is 0 Å². The highest BCUT2D eigenvalue weighted by Crippen LogP contribution is 2.39. The van der Waals surface area contributed by atoms with Crippen molar-refractivity contribution in [3.05, 3.63) is 46.5 Å². The van der Waals surface area contributed by atoms with E-state index in [1.54, 1.807) is 7.11 Å². The largest absolute Gasteiger partial charge is 0.399 e. The van der Waals surface area contributed by atoms with Crippen LogP contribution in [-0.2, 0) is 25.7 Å². The van der Waals surface area contributed by atoms with Crippen LogP contribution in [0.4, 0.5) is 0 Å². The second kappa shape index (κ2) is 11.2. The van der Waals surface area contributed by atoms with Crippen molar-refractivity contribution in [1.29, 1.82) is 0 Å². The molecule has 0 radical (unpaired) electrons. The Bertz CT molecular complexity index is 1040. The topological polar surface area (TPSA) is 35.5 Å². The quantitative estimate of drug-likeness (QED) is 0.313. The van der Waals surface area contributed by atoms with Crippen LogP contribution in [0.3, 0.4) is 0 Å². The number of fused-ring (bicyclic) bond motifs is 3. The Morgan fingerprint density at radius 3 is 1.27 bits per heavy atom. The molecule has 0 saturated carbocycles. The Balaban J connectivity index is 2.50. The molecule has 0 aliphatic rings. The second-order valence-electron chi connectivity index (χ2n) is 11.2. The fraction of sp³-hybridized carbons (Fsp3) is 0.586. The monoisotopic (exact) mass is 470 g/mol. The Hall–Kier alpha value is -1.70. The Labute approximate surface area is 201 Å². The van der Waals surface area contributed by atoms with Gasteiger partial charge in [-0.05, 0) is 83.7 Å². The molecule has 0 saturated heterocycles. The van der Waals surface area contributed by atoms with Crippen LogP contribution >= 0.6 is 8.24 Å². The highest BCUT2D eigenvalue weighted by atomic mass is 31.1. The van der Waals surface area contributed by atoms with Gasteiger partial charge in [0.15, 0.2) is 0 Å². The summed E-state index contributed by atoms with van der Waals surface area (Å²) in [6.45, 7) is 18.2. The minimum absolute atomic E-state index is 0.535. The molecule has 0 aliphatic carbocycles. The fourth-order valence-corrected chi connectivity index (χ4v) is 5.64. The molecule has 4 heteroatoms. The molecule has 3 aromatic rings. The third kappa shape index (κ3) is 6.67. The lowest BCUT2D eigenvalue weighted by molar-refractivity contribution is 0.452. The van der Waals surface area contributed by atoms with Gasteiger partial charge in [-0.2, -0.15) is 0 Å². The van der Waals surface area contributed by atoms with E-state index in [2.05, 4.69) is 79.7 Å². The second-order valence-corrected chi connectivity index (χ2v) is 12.4. The highest BCUT2D eigenvalue weighted by molar-refractivity contribution is 7.31. The van der Waals surface area contributed by atoms with E-state index in [0.29, 0.717) is 23.7 Å².